The molecule has 0 aliphatic carbocycles. The minimum absolute atomic E-state index is 0.0307. The van der Waals surface area contributed by atoms with Gasteiger partial charge in [-0.1, -0.05) is 41.0 Å². The first kappa shape index (κ1) is 28.6. The molecule has 2 heterocycles. The van der Waals surface area contributed by atoms with Gasteiger partial charge in [-0.3, -0.25) is 14.4 Å². The van der Waals surface area contributed by atoms with Gasteiger partial charge in [-0.15, -0.1) is 0 Å². The zero-order valence-corrected chi connectivity index (χ0v) is 22.5. The molecule has 0 aromatic rings. The highest BCUT2D eigenvalue weighted by Crippen LogP contribution is 2.25. The molecule has 0 aromatic carbocycles. The number of rotatable bonds is 12. The summed E-state index contributed by atoms with van der Waals surface area (Å²) in [5.41, 5.74) is 0. The summed E-state index contributed by atoms with van der Waals surface area (Å²) in [6.45, 7) is 15.2. The van der Waals surface area contributed by atoms with Gasteiger partial charge in [0.25, 0.3) is 0 Å². The van der Waals surface area contributed by atoms with Gasteiger partial charge >= 0.3 is 5.97 Å². The van der Waals surface area contributed by atoms with Crippen molar-refractivity contribution in [1.82, 2.24) is 15.1 Å². The Kier molecular flexibility index (Phi) is 11.8. The lowest BCUT2D eigenvalue weighted by Gasteiger charge is -2.42. The van der Waals surface area contributed by atoms with Gasteiger partial charge in [-0.2, -0.15) is 0 Å². The maximum Gasteiger partial charge on any atom is 0.306 e. The van der Waals surface area contributed by atoms with Gasteiger partial charge in [0.15, 0.2) is 0 Å². The summed E-state index contributed by atoms with van der Waals surface area (Å²) in [6, 6.07) is -0.585. The van der Waals surface area contributed by atoms with Gasteiger partial charge < -0.3 is 19.9 Å². The highest BCUT2D eigenvalue weighted by molar-refractivity contribution is 5.90. The Balaban J connectivity index is 1.95. The number of esters is 1. The molecule has 2 fully saturated rings. The molecule has 1 N–H and O–H groups in total. The predicted molar refractivity (Wildman–Crippen MR) is 135 cm³/mol. The van der Waals surface area contributed by atoms with Crippen molar-refractivity contribution in [2.24, 2.45) is 17.8 Å². The molecule has 0 saturated carbocycles. The highest BCUT2D eigenvalue weighted by atomic mass is 16.5. The predicted octanol–water partition coefficient (Wildman–Crippen LogP) is 4.00. The van der Waals surface area contributed by atoms with E-state index in [2.05, 4.69) is 39.9 Å². The van der Waals surface area contributed by atoms with Crippen LogP contribution in [0.2, 0.25) is 0 Å². The average Bonchev–Trinajstić information content (AvgIpc) is 2.77. The van der Waals surface area contributed by atoms with E-state index in [0.29, 0.717) is 44.3 Å². The van der Waals surface area contributed by atoms with Crippen LogP contribution >= 0.6 is 0 Å². The molecule has 7 heteroatoms. The van der Waals surface area contributed by atoms with Gasteiger partial charge in [0.05, 0.1) is 12.1 Å². The van der Waals surface area contributed by atoms with Gasteiger partial charge in [0, 0.05) is 32.6 Å². The highest BCUT2D eigenvalue weighted by Gasteiger charge is 2.39. The first-order valence-corrected chi connectivity index (χ1v) is 13.6. The molecule has 2 rings (SSSR count). The summed E-state index contributed by atoms with van der Waals surface area (Å²) in [7, 11) is 0. The molecule has 196 valence electrons. The normalized spacial score (nSPS) is 21.8. The largest absolute Gasteiger partial charge is 0.463 e. The first-order chi connectivity index (χ1) is 16.1. The smallest absolute Gasteiger partial charge is 0.306 e. The third-order valence-corrected chi connectivity index (χ3v) is 7.12. The molecular weight excluding hydrogens is 430 g/mol. The van der Waals surface area contributed by atoms with Crippen molar-refractivity contribution in [2.75, 3.05) is 26.2 Å². The van der Waals surface area contributed by atoms with Crippen molar-refractivity contribution >= 4 is 17.8 Å². The molecule has 2 aliphatic heterocycles. The van der Waals surface area contributed by atoms with Crippen LogP contribution in [0, 0.1) is 17.8 Å². The molecule has 2 aliphatic rings. The quantitative estimate of drug-likeness (QED) is 0.428. The van der Waals surface area contributed by atoms with Gasteiger partial charge in [-0.05, 0) is 63.2 Å². The van der Waals surface area contributed by atoms with Gasteiger partial charge in [0.1, 0.15) is 6.04 Å². The zero-order valence-electron chi connectivity index (χ0n) is 22.5. The van der Waals surface area contributed by atoms with E-state index >= 15 is 0 Å². The summed E-state index contributed by atoms with van der Waals surface area (Å²) >= 11 is 0. The fourth-order valence-corrected chi connectivity index (χ4v) is 5.14. The fourth-order valence-electron chi connectivity index (χ4n) is 5.14. The average molecular weight is 480 g/mol. The second-order valence-corrected chi connectivity index (χ2v) is 11.2. The molecule has 0 spiro atoms. The number of piperazine rings is 1. The van der Waals surface area contributed by atoms with Crippen LogP contribution in [-0.4, -0.2) is 72.0 Å². The SMILES string of the molecule is CCCC(C)OC(=O)CC1CCN(C(=O)[C@H](CC(C)C)N2CCN[C@@H](CCC(C)C)C2=O)CC1. The Hall–Kier alpha value is -1.63. The Morgan fingerprint density at radius 1 is 1.03 bits per heavy atom. The number of nitrogens with zero attached hydrogens (tertiary/aromatic N) is 2. The number of ether oxygens (including phenoxy) is 1. The van der Waals surface area contributed by atoms with Crippen molar-refractivity contribution in [1.29, 1.82) is 0 Å². The van der Waals surface area contributed by atoms with Gasteiger partial charge in [-0.25, -0.2) is 0 Å². The number of carbonyl (C=O) groups excluding carboxylic acids is 3. The van der Waals surface area contributed by atoms with Crippen molar-refractivity contribution in [2.45, 2.75) is 111 Å². The molecule has 0 bridgehead atoms. The van der Waals surface area contributed by atoms with Crippen molar-refractivity contribution in [3.63, 3.8) is 0 Å². The van der Waals surface area contributed by atoms with Crippen LogP contribution in [0.4, 0.5) is 0 Å². The second-order valence-electron chi connectivity index (χ2n) is 11.2. The van der Waals surface area contributed by atoms with Crippen LogP contribution in [0.5, 0.6) is 0 Å². The van der Waals surface area contributed by atoms with Crippen LogP contribution < -0.4 is 5.32 Å². The van der Waals surface area contributed by atoms with E-state index in [1.54, 1.807) is 0 Å². The first-order valence-electron chi connectivity index (χ1n) is 13.6. The molecule has 3 atom stereocenters. The minimum Gasteiger partial charge on any atom is -0.463 e. The molecule has 0 aromatic heterocycles. The minimum atomic E-state index is -0.396. The summed E-state index contributed by atoms with van der Waals surface area (Å²) in [5.74, 6) is 1.15. The lowest BCUT2D eigenvalue weighted by Crippen LogP contribution is -2.62. The Morgan fingerprint density at radius 3 is 2.29 bits per heavy atom. The number of amides is 2. The number of carbonyl (C=O) groups is 3. The van der Waals surface area contributed by atoms with Crippen LogP contribution in [0.1, 0.15) is 92.9 Å². The monoisotopic (exact) mass is 479 g/mol. The molecule has 0 radical (unpaired) electrons. The van der Waals surface area contributed by atoms with E-state index in [1.165, 1.54) is 0 Å². The Morgan fingerprint density at radius 2 is 1.71 bits per heavy atom. The number of hydrogen-bond donors (Lipinski definition) is 1. The second kappa shape index (κ2) is 14.1. The maximum atomic E-state index is 13.6. The zero-order chi connectivity index (χ0) is 25.3. The lowest BCUT2D eigenvalue weighted by atomic mass is 9.92. The van der Waals surface area contributed by atoms with Crippen LogP contribution in [0.3, 0.4) is 0 Å². The summed E-state index contributed by atoms with van der Waals surface area (Å²) < 4.78 is 5.52. The molecule has 34 heavy (non-hydrogen) atoms. The molecular formula is C27H49N3O4. The molecule has 2 saturated heterocycles. The number of nitrogens with one attached hydrogen (secondary N) is 1. The van der Waals surface area contributed by atoms with Crippen molar-refractivity contribution in [3.8, 4) is 0 Å². The molecule has 1 unspecified atom stereocenters. The standard InChI is InChI=1S/C27H49N3O4/c1-7-8-21(6)34-25(31)18-22-11-14-29(15-12-22)27(33)24(17-20(4)5)30-16-13-28-23(26(30)32)10-9-19(2)3/h19-24,28H,7-18H2,1-6H3/t21?,23-,24-/m0/s1. The Labute approximate surface area is 207 Å². The third kappa shape index (κ3) is 8.86. The van der Waals surface area contributed by atoms with E-state index in [9.17, 15) is 14.4 Å². The number of likely N-dealkylation sites (tertiary alicyclic amines) is 1. The van der Waals surface area contributed by atoms with Crippen LogP contribution in [-0.2, 0) is 19.1 Å². The summed E-state index contributed by atoms with van der Waals surface area (Å²) in [4.78, 5) is 42.9. The van der Waals surface area contributed by atoms with E-state index in [-0.39, 0.29) is 35.8 Å². The molecule has 7 nitrogen and oxygen atoms in total. The van der Waals surface area contributed by atoms with E-state index in [4.69, 9.17) is 4.74 Å². The lowest BCUT2D eigenvalue weighted by molar-refractivity contribution is -0.152. The topological polar surface area (TPSA) is 79.0 Å². The number of hydrogen-bond acceptors (Lipinski definition) is 5. The van der Waals surface area contributed by atoms with Crippen LogP contribution in [0.15, 0.2) is 0 Å². The number of piperidine rings is 1. The summed E-state index contributed by atoms with van der Waals surface area (Å²) in [5, 5.41) is 3.37. The van der Waals surface area contributed by atoms with Crippen molar-refractivity contribution in [3.05, 3.63) is 0 Å². The maximum absolute atomic E-state index is 13.6. The van der Waals surface area contributed by atoms with Crippen LogP contribution in [0.25, 0.3) is 0 Å². The van der Waals surface area contributed by atoms with Crippen molar-refractivity contribution < 1.29 is 19.1 Å². The van der Waals surface area contributed by atoms with E-state index < -0.39 is 6.04 Å². The summed E-state index contributed by atoms with van der Waals surface area (Å²) in [6.07, 6.45) is 6.40. The van der Waals surface area contributed by atoms with E-state index in [1.807, 2.05) is 16.7 Å². The van der Waals surface area contributed by atoms with Gasteiger partial charge in [0.2, 0.25) is 11.8 Å². The third-order valence-electron chi connectivity index (χ3n) is 7.12. The van der Waals surface area contributed by atoms with E-state index in [0.717, 1.165) is 45.1 Å². The Bertz CT molecular complexity index is 658. The molecule has 2 amide bonds. The fraction of sp³-hybridized carbons (Fsp3) is 0.889.